The van der Waals surface area contributed by atoms with Gasteiger partial charge in [0.05, 0.1) is 31.8 Å². The maximum Gasteiger partial charge on any atom is 0.227 e. The first-order valence-corrected chi connectivity index (χ1v) is 6.85. The number of hydrogen-bond acceptors (Lipinski definition) is 3. The van der Waals surface area contributed by atoms with E-state index in [1.165, 1.54) is 18.2 Å². The molecular weight excluding hydrogens is 285 g/mol. The van der Waals surface area contributed by atoms with Crippen LogP contribution in [0, 0.1) is 5.82 Å². The van der Waals surface area contributed by atoms with Crippen LogP contribution in [0.15, 0.2) is 18.2 Å². The maximum atomic E-state index is 13.0. The van der Waals surface area contributed by atoms with E-state index in [4.69, 9.17) is 21.4 Å². The van der Waals surface area contributed by atoms with Crippen molar-refractivity contribution in [2.45, 2.75) is 25.5 Å². The van der Waals surface area contributed by atoms with Crippen molar-refractivity contribution in [1.82, 2.24) is 4.90 Å². The lowest BCUT2D eigenvalue weighted by atomic mass is 10.1. The van der Waals surface area contributed by atoms with E-state index in [9.17, 15) is 9.18 Å². The minimum Gasteiger partial charge on any atom is -0.394 e. The van der Waals surface area contributed by atoms with E-state index in [-0.39, 0.29) is 36.1 Å². The maximum absolute atomic E-state index is 13.0. The van der Waals surface area contributed by atoms with Crippen molar-refractivity contribution >= 4 is 17.5 Å². The molecule has 0 aliphatic carbocycles. The molecule has 1 N–H and O–H groups in total. The van der Waals surface area contributed by atoms with Crippen LogP contribution < -0.4 is 0 Å². The standard InChI is InChI=1S/C14H17ClFNO3/c1-9-8-20-12(7-18)6-17(9)14(19)4-10-2-3-11(16)5-13(10)15/h2-3,5,9,12,18H,4,6-8H2,1H3/t9-,12-/m0/s1. The Morgan fingerprint density at radius 1 is 1.60 bits per heavy atom. The molecule has 6 heteroatoms. The highest BCUT2D eigenvalue weighted by molar-refractivity contribution is 6.31. The fourth-order valence-electron chi connectivity index (χ4n) is 2.20. The van der Waals surface area contributed by atoms with E-state index >= 15 is 0 Å². The van der Waals surface area contributed by atoms with Crippen LogP contribution in [0.4, 0.5) is 4.39 Å². The zero-order valence-electron chi connectivity index (χ0n) is 11.2. The number of halogens is 2. The minimum atomic E-state index is -0.425. The Labute approximate surface area is 122 Å². The number of nitrogens with zero attached hydrogens (tertiary/aromatic N) is 1. The average Bonchev–Trinajstić information content (AvgIpc) is 2.42. The van der Waals surface area contributed by atoms with E-state index in [1.54, 1.807) is 4.90 Å². The van der Waals surface area contributed by atoms with Gasteiger partial charge >= 0.3 is 0 Å². The summed E-state index contributed by atoms with van der Waals surface area (Å²) < 4.78 is 18.4. The second-order valence-electron chi connectivity index (χ2n) is 4.95. The normalized spacial score (nSPS) is 22.9. The third-order valence-corrected chi connectivity index (χ3v) is 3.74. The molecule has 0 aromatic heterocycles. The van der Waals surface area contributed by atoms with Crippen LogP contribution in [0.2, 0.25) is 5.02 Å². The van der Waals surface area contributed by atoms with Crippen LogP contribution in [-0.4, -0.2) is 47.8 Å². The fourth-order valence-corrected chi connectivity index (χ4v) is 2.44. The monoisotopic (exact) mass is 301 g/mol. The molecule has 110 valence electrons. The summed E-state index contributed by atoms with van der Waals surface area (Å²) in [6.07, 6.45) is -0.236. The van der Waals surface area contributed by atoms with Crippen molar-refractivity contribution in [3.8, 4) is 0 Å². The Morgan fingerprint density at radius 3 is 3.00 bits per heavy atom. The van der Waals surface area contributed by atoms with Gasteiger partial charge < -0.3 is 14.7 Å². The van der Waals surface area contributed by atoms with Crippen molar-refractivity contribution in [2.24, 2.45) is 0 Å². The van der Waals surface area contributed by atoms with Gasteiger partial charge in [0.2, 0.25) is 5.91 Å². The largest absolute Gasteiger partial charge is 0.394 e. The molecule has 0 spiro atoms. The predicted molar refractivity (Wildman–Crippen MR) is 73.1 cm³/mol. The topological polar surface area (TPSA) is 49.8 Å². The van der Waals surface area contributed by atoms with Gasteiger partial charge in [-0.1, -0.05) is 17.7 Å². The van der Waals surface area contributed by atoms with E-state index in [1.807, 2.05) is 6.92 Å². The summed E-state index contributed by atoms with van der Waals surface area (Å²) in [6.45, 7) is 2.52. The molecular formula is C14H17ClFNO3. The van der Waals surface area contributed by atoms with Crippen LogP contribution in [0.5, 0.6) is 0 Å². The van der Waals surface area contributed by atoms with Gasteiger partial charge in [-0.2, -0.15) is 0 Å². The molecule has 1 amide bonds. The fraction of sp³-hybridized carbons (Fsp3) is 0.500. The highest BCUT2D eigenvalue weighted by atomic mass is 35.5. The minimum absolute atomic E-state index is 0.0514. The third-order valence-electron chi connectivity index (χ3n) is 3.39. The van der Waals surface area contributed by atoms with Crippen molar-refractivity contribution in [2.75, 3.05) is 19.8 Å². The molecule has 2 rings (SSSR count). The lowest BCUT2D eigenvalue weighted by Gasteiger charge is -2.37. The summed E-state index contributed by atoms with van der Waals surface area (Å²) >= 11 is 5.93. The number of aliphatic hydroxyl groups is 1. The number of amides is 1. The Balaban J connectivity index is 2.06. The SMILES string of the molecule is C[C@H]1CO[C@H](CO)CN1C(=O)Cc1ccc(F)cc1Cl. The molecule has 0 radical (unpaired) electrons. The molecule has 0 bridgehead atoms. The lowest BCUT2D eigenvalue weighted by Crippen LogP contribution is -2.52. The Bertz CT molecular complexity index is 497. The summed E-state index contributed by atoms with van der Waals surface area (Å²) in [5, 5.41) is 9.36. The summed E-state index contributed by atoms with van der Waals surface area (Å²) in [4.78, 5) is 14.0. The molecule has 1 aliphatic rings. The van der Waals surface area contributed by atoms with Crippen LogP contribution in [0.3, 0.4) is 0 Å². The average molecular weight is 302 g/mol. The lowest BCUT2D eigenvalue weighted by molar-refractivity contribution is -0.145. The smallest absolute Gasteiger partial charge is 0.227 e. The summed E-state index contributed by atoms with van der Waals surface area (Å²) in [5.41, 5.74) is 0.595. The van der Waals surface area contributed by atoms with E-state index < -0.39 is 5.82 Å². The number of carbonyl (C=O) groups is 1. The van der Waals surface area contributed by atoms with Gasteiger partial charge in [0.25, 0.3) is 0 Å². The van der Waals surface area contributed by atoms with Crippen molar-refractivity contribution < 1.29 is 19.0 Å². The van der Waals surface area contributed by atoms with Crippen molar-refractivity contribution in [3.05, 3.63) is 34.6 Å². The first-order valence-electron chi connectivity index (χ1n) is 6.47. The first kappa shape index (κ1) is 15.2. The summed E-state index contributed by atoms with van der Waals surface area (Å²) in [6, 6.07) is 3.95. The van der Waals surface area contributed by atoms with Crippen LogP contribution in [0.25, 0.3) is 0 Å². The number of carbonyl (C=O) groups excluding carboxylic acids is 1. The zero-order valence-corrected chi connectivity index (χ0v) is 11.9. The van der Waals surface area contributed by atoms with Crippen LogP contribution in [0.1, 0.15) is 12.5 Å². The van der Waals surface area contributed by atoms with Gasteiger partial charge in [-0.25, -0.2) is 4.39 Å². The van der Waals surface area contributed by atoms with Gasteiger partial charge in [-0.3, -0.25) is 4.79 Å². The first-order chi connectivity index (χ1) is 9.51. The number of ether oxygens (including phenoxy) is 1. The second kappa shape index (κ2) is 6.52. The quantitative estimate of drug-likeness (QED) is 0.923. The van der Waals surface area contributed by atoms with Gasteiger partial charge in [0, 0.05) is 11.6 Å². The molecule has 0 unspecified atom stereocenters. The molecule has 1 saturated heterocycles. The Kier molecular flexibility index (Phi) is 4.96. The third kappa shape index (κ3) is 3.48. The van der Waals surface area contributed by atoms with Gasteiger partial charge in [0.1, 0.15) is 5.82 Å². The molecule has 20 heavy (non-hydrogen) atoms. The van der Waals surface area contributed by atoms with Gasteiger partial charge in [0.15, 0.2) is 0 Å². The molecule has 1 heterocycles. The number of morpholine rings is 1. The highest BCUT2D eigenvalue weighted by Crippen LogP contribution is 2.20. The molecule has 1 aromatic carbocycles. The van der Waals surface area contributed by atoms with Crippen LogP contribution in [-0.2, 0) is 16.0 Å². The number of hydrogen-bond donors (Lipinski definition) is 1. The summed E-state index contributed by atoms with van der Waals surface area (Å²) in [7, 11) is 0. The Morgan fingerprint density at radius 2 is 2.35 bits per heavy atom. The number of rotatable bonds is 3. The number of benzene rings is 1. The Hall–Kier alpha value is -1.17. The molecule has 1 fully saturated rings. The van der Waals surface area contributed by atoms with Crippen molar-refractivity contribution in [1.29, 1.82) is 0 Å². The highest BCUT2D eigenvalue weighted by Gasteiger charge is 2.29. The van der Waals surface area contributed by atoms with Crippen molar-refractivity contribution in [3.63, 3.8) is 0 Å². The van der Waals surface area contributed by atoms with E-state index in [0.29, 0.717) is 18.7 Å². The van der Waals surface area contributed by atoms with E-state index in [2.05, 4.69) is 0 Å². The molecule has 1 aliphatic heterocycles. The molecule has 0 saturated carbocycles. The molecule has 4 nitrogen and oxygen atoms in total. The molecule has 2 atom stereocenters. The molecule has 1 aromatic rings. The number of aliphatic hydroxyl groups excluding tert-OH is 1. The van der Waals surface area contributed by atoms with Gasteiger partial charge in [-0.15, -0.1) is 0 Å². The zero-order chi connectivity index (χ0) is 14.7. The van der Waals surface area contributed by atoms with Crippen LogP contribution >= 0.6 is 11.6 Å². The predicted octanol–water partition coefficient (Wildman–Crippen LogP) is 1.63. The second-order valence-corrected chi connectivity index (χ2v) is 5.35. The van der Waals surface area contributed by atoms with E-state index in [0.717, 1.165) is 0 Å². The summed E-state index contributed by atoms with van der Waals surface area (Å²) in [5.74, 6) is -0.529. The van der Waals surface area contributed by atoms with Gasteiger partial charge in [-0.05, 0) is 24.6 Å².